The van der Waals surface area contributed by atoms with E-state index in [-0.39, 0.29) is 17.4 Å². The third kappa shape index (κ3) is 4.55. The fraction of sp³-hybridized carbons (Fsp3) is 0.143. The highest BCUT2D eigenvalue weighted by Crippen LogP contribution is 2.17. The van der Waals surface area contributed by atoms with Crippen molar-refractivity contribution >= 4 is 29.0 Å². The van der Waals surface area contributed by atoms with E-state index in [2.05, 4.69) is 20.6 Å². The summed E-state index contributed by atoms with van der Waals surface area (Å²) in [6.45, 7) is 3.55. The van der Waals surface area contributed by atoms with Gasteiger partial charge in [0, 0.05) is 23.1 Å². The standard InChI is InChI=1S/C21H20N4O2/c1-3-15-6-4-5-7-18(15)24-20(27)19-12-13-22-21(25-19)23-17-10-8-16(9-11-17)14(2)26/h4-13H,3H2,1-2H3,(H,24,27)(H,22,23,25). The predicted octanol–water partition coefficient (Wildman–Crippen LogP) is 4.24. The van der Waals surface area contributed by atoms with Gasteiger partial charge in [-0.15, -0.1) is 0 Å². The van der Waals surface area contributed by atoms with Crippen molar-refractivity contribution in [3.05, 3.63) is 77.6 Å². The second kappa shape index (κ2) is 8.23. The first kappa shape index (κ1) is 18.3. The Hall–Kier alpha value is -3.54. The number of carbonyl (C=O) groups excluding carboxylic acids is 2. The Morgan fingerprint density at radius 3 is 2.44 bits per heavy atom. The van der Waals surface area contributed by atoms with Crippen LogP contribution >= 0.6 is 0 Å². The van der Waals surface area contributed by atoms with Crippen molar-refractivity contribution in [2.24, 2.45) is 0 Å². The van der Waals surface area contributed by atoms with Gasteiger partial charge in [-0.2, -0.15) is 0 Å². The average molecular weight is 360 g/mol. The lowest BCUT2D eigenvalue weighted by Crippen LogP contribution is -2.15. The molecule has 0 fully saturated rings. The minimum atomic E-state index is -0.298. The topological polar surface area (TPSA) is 84.0 Å². The van der Waals surface area contributed by atoms with Crippen molar-refractivity contribution in [3.8, 4) is 0 Å². The van der Waals surface area contributed by atoms with Crippen LogP contribution in [0, 0.1) is 0 Å². The van der Waals surface area contributed by atoms with Crippen molar-refractivity contribution in [2.75, 3.05) is 10.6 Å². The lowest BCUT2D eigenvalue weighted by atomic mass is 10.1. The van der Waals surface area contributed by atoms with Crippen LogP contribution in [0.15, 0.2) is 60.8 Å². The number of hydrogen-bond donors (Lipinski definition) is 2. The molecular weight excluding hydrogens is 340 g/mol. The minimum absolute atomic E-state index is 0.00355. The van der Waals surface area contributed by atoms with Gasteiger partial charge >= 0.3 is 0 Å². The number of aryl methyl sites for hydroxylation is 1. The summed E-state index contributed by atoms with van der Waals surface area (Å²) in [5, 5.41) is 5.93. The first-order valence-electron chi connectivity index (χ1n) is 8.67. The molecule has 6 heteroatoms. The SMILES string of the molecule is CCc1ccccc1NC(=O)c1ccnc(Nc2ccc(C(C)=O)cc2)n1. The molecule has 1 amide bonds. The summed E-state index contributed by atoms with van der Waals surface area (Å²) in [6, 6.07) is 16.2. The summed E-state index contributed by atoms with van der Waals surface area (Å²) in [4.78, 5) is 32.3. The molecule has 2 aromatic carbocycles. The number of rotatable bonds is 6. The summed E-state index contributed by atoms with van der Waals surface area (Å²) in [6.07, 6.45) is 2.35. The smallest absolute Gasteiger partial charge is 0.274 e. The van der Waals surface area contributed by atoms with Crippen molar-refractivity contribution in [1.82, 2.24) is 9.97 Å². The number of amides is 1. The van der Waals surface area contributed by atoms with Crippen molar-refractivity contribution in [3.63, 3.8) is 0 Å². The van der Waals surface area contributed by atoms with E-state index < -0.39 is 0 Å². The van der Waals surface area contributed by atoms with Crippen LogP contribution in [-0.4, -0.2) is 21.7 Å². The van der Waals surface area contributed by atoms with Crippen molar-refractivity contribution < 1.29 is 9.59 Å². The van der Waals surface area contributed by atoms with Gasteiger partial charge in [-0.1, -0.05) is 25.1 Å². The number of anilines is 3. The highest BCUT2D eigenvalue weighted by atomic mass is 16.2. The van der Waals surface area contributed by atoms with Gasteiger partial charge in [-0.05, 0) is 55.3 Å². The lowest BCUT2D eigenvalue weighted by molar-refractivity contribution is 0.101. The minimum Gasteiger partial charge on any atom is -0.324 e. The van der Waals surface area contributed by atoms with E-state index in [0.717, 1.165) is 23.4 Å². The molecule has 0 atom stereocenters. The van der Waals surface area contributed by atoms with Gasteiger partial charge in [0.2, 0.25) is 5.95 Å². The molecular formula is C21H20N4O2. The van der Waals surface area contributed by atoms with Crippen LogP contribution in [0.1, 0.15) is 40.3 Å². The Morgan fingerprint density at radius 2 is 1.74 bits per heavy atom. The molecule has 1 aromatic heterocycles. The Bertz CT molecular complexity index is 968. The molecule has 0 aliphatic heterocycles. The van der Waals surface area contributed by atoms with Crippen LogP contribution in [0.2, 0.25) is 0 Å². The number of nitrogens with one attached hydrogen (secondary N) is 2. The van der Waals surface area contributed by atoms with Gasteiger partial charge < -0.3 is 10.6 Å². The van der Waals surface area contributed by atoms with Crippen LogP contribution in [0.25, 0.3) is 0 Å². The van der Waals surface area contributed by atoms with Gasteiger partial charge in [0.1, 0.15) is 5.69 Å². The van der Waals surface area contributed by atoms with Crippen molar-refractivity contribution in [1.29, 1.82) is 0 Å². The van der Waals surface area contributed by atoms with Gasteiger partial charge in [0.25, 0.3) is 5.91 Å². The monoisotopic (exact) mass is 360 g/mol. The number of carbonyl (C=O) groups is 2. The van der Waals surface area contributed by atoms with Gasteiger partial charge in [0.15, 0.2) is 5.78 Å². The summed E-state index contributed by atoms with van der Waals surface area (Å²) in [5.41, 5.74) is 3.46. The molecule has 6 nitrogen and oxygen atoms in total. The van der Waals surface area contributed by atoms with Gasteiger partial charge in [-0.25, -0.2) is 9.97 Å². The molecule has 3 rings (SSSR count). The molecule has 0 spiro atoms. The molecule has 0 unspecified atom stereocenters. The second-order valence-corrected chi connectivity index (χ2v) is 5.99. The third-order valence-corrected chi connectivity index (χ3v) is 4.08. The quantitative estimate of drug-likeness (QED) is 0.643. The molecule has 0 bridgehead atoms. The number of benzene rings is 2. The predicted molar refractivity (Wildman–Crippen MR) is 106 cm³/mol. The summed E-state index contributed by atoms with van der Waals surface area (Å²) in [5.74, 6) is 0.0131. The summed E-state index contributed by atoms with van der Waals surface area (Å²) in [7, 11) is 0. The summed E-state index contributed by atoms with van der Waals surface area (Å²) < 4.78 is 0. The normalized spacial score (nSPS) is 10.3. The highest BCUT2D eigenvalue weighted by Gasteiger charge is 2.11. The van der Waals surface area contributed by atoms with Crippen LogP contribution in [0.4, 0.5) is 17.3 Å². The van der Waals surface area contributed by atoms with Gasteiger partial charge in [-0.3, -0.25) is 9.59 Å². The van der Waals surface area contributed by atoms with E-state index in [1.54, 1.807) is 30.3 Å². The maximum Gasteiger partial charge on any atom is 0.274 e. The zero-order chi connectivity index (χ0) is 19.2. The molecule has 3 aromatic rings. The number of ketones is 1. The fourth-order valence-electron chi connectivity index (χ4n) is 2.60. The Morgan fingerprint density at radius 1 is 1.00 bits per heavy atom. The summed E-state index contributed by atoms with van der Waals surface area (Å²) >= 11 is 0. The highest BCUT2D eigenvalue weighted by molar-refractivity contribution is 6.03. The van der Waals surface area contributed by atoms with E-state index >= 15 is 0 Å². The molecule has 136 valence electrons. The molecule has 0 aliphatic rings. The van der Waals surface area contributed by atoms with E-state index in [1.165, 1.54) is 13.1 Å². The van der Waals surface area contributed by atoms with E-state index in [9.17, 15) is 9.59 Å². The molecule has 2 N–H and O–H groups in total. The molecule has 27 heavy (non-hydrogen) atoms. The average Bonchev–Trinajstić information content (AvgIpc) is 2.69. The van der Waals surface area contributed by atoms with Crippen LogP contribution < -0.4 is 10.6 Å². The Labute approximate surface area is 157 Å². The van der Waals surface area contributed by atoms with E-state index in [1.807, 2.05) is 31.2 Å². The second-order valence-electron chi connectivity index (χ2n) is 5.99. The fourth-order valence-corrected chi connectivity index (χ4v) is 2.60. The number of aromatic nitrogens is 2. The zero-order valence-electron chi connectivity index (χ0n) is 15.2. The maximum absolute atomic E-state index is 12.5. The molecule has 0 saturated carbocycles. The van der Waals surface area contributed by atoms with Crippen LogP contribution in [0.5, 0.6) is 0 Å². The Kier molecular flexibility index (Phi) is 5.56. The molecule has 1 heterocycles. The maximum atomic E-state index is 12.5. The first-order valence-corrected chi connectivity index (χ1v) is 8.67. The largest absolute Gasteiger partial charge is 0.324 e. The first-order chi connectivity index (χ1) is 13.1. The zero-order valence-corrected chi connectivity index (χ0v) is 15.2. The molecule has 0 aliphatic carbocycles. The third-order valence-electron chi connectivity index (χ3n) is 4.08. The van der Waals surface area contributed by atoms with Crippen LogP contribution in [0.3, 0.4) is 0 Å². The van der Waals surface area contributed by atoms with Gasteiger partial charge in [0.05, 0.1) is 0 Å². The van der Waals surface area contributed by atoms with E-state index in [4.69, 9.17) is 0 Å². The molecule has 0 radical (unpaired) electrons. The number of hydrogen-bond acceptors (Lipinski definition) is 5. The number of nitrogens with zero attached hydrogens (tertiary/aromatic N) is 2. The number of Topliss-reactive ketones (excluding diaryl/α,β-unsaturated/α-hetero) is 1. The Balaban J connectivity index is 1.74. The molecule has 0 saturated heterocycles. The van der Waals surface area contributed by atoms with E-state index in [0.29, 0.717) is 11.5 Å². The lowest BCUT2D eigenvalue weighted by Gasteiger charge is -2.10. The number of para-hydroxylation sites is 1. The van der Waals surface area contributed by atoms with Crippen molar-refractivity contribution in [2.45, 2.75) is 20.3 Å². The van der Waals surface area contributed by atoms with Crippen LogP contribution in [-0.2, 0) is 6.42 Å².